The van der Waals surface area contributed by atoms with Gasteiger partial charge in [0.05, 0.1) is 12.4 Å². The zero-order valence-corrected chi connectivity index (χ0v) is 20.7. The van der Waals surface area contributed by atoms with Crippen LogP contribution in [0.15, 0.2) is 4.99 Å². The average molecular weight is 544 g/mol. The Morgan fingerprint density at radius 1 is 1.14 bits per heavy atom. The van der Waals surface area contributed by atoms with Gasteiger partial charge in [-0.2, -0.15) is 0 Å². The highest BCUT2D eigenvalue weighted by molar-refractivity contribution is 14.0. The lowest BCUT2D eigenvalue weighted by atomic mass is 9.86. The second kappa shape index (κ2) is 12.6. The number of nitrogens with zero attached hydrogens (tertiary/aromatic N) is 2. The number of likely N-dealkylation sites (tertiary alicyclic amines) is 1. The Labute approximate surface area is 193 Å². The van der Waals surface area contributed by atoms with Crippen molar-refractivity contribution in [2.24, 2.45) is 16.8 Å². The third-order valence-corrected chi connectivity index (χ3v) is 7.52. The molecule has 1 unspecified atom stereocenters. The number of guanidine groups is 1. The van der Waals surface area contributed by atoms with Gasteiger partial charge in [0, 0.05) is 52.4 Å². The molecule has 0 spiro atoms. The molecule has 3 rings (SSSR count). The van der Waals surface area contributed by atoms with Crippen LogP contribution in [-0.2, 0) is 14.8 Å². The lowest BCUT2D eigenvalue weighted by Crippen LogP contribution is -2.50. The molecule has 8 nitrogen and oxygen atoms in total. The molecule has 1 atom stereocenters. The van der Waals surface area contributed by atoms with E-state index in [0.717, 1.165) is 58.5 Å². The highest BCUT2D eigenvalue weighted by Gasteiger charge is 2.24. The molecule has 0 aromatic rings. The molecular formula is C19H38IN5O3S. The molecule has 3 aliphatic rings. The Kier molecular flexibility index (Phi) is 10.9. The first-order chi connectivity index (χ1) is 13.5. The van der Waals surface area contributed by atoms with E-state index in [-0.39, 0.29) is 29.7 Å². The van der Waals surface area contributed by atoms with Gasteiger partial charge in [0.2, 0.25) is 10.0 Å². The van der Waals surface area contributed by atoms with Gasteiger partial charge in [0.15, 0.2) is 5.96 Å². The summed E-state index contributed by atoms with van der Waals surface area (Å²) in [6, 6.07) is 0.385. The van der Waals surface area contributed by atoms with E-state index in [4.69, 9.17) is 4.74 Å². The summed E-state index contributed by atoms with van der Waals surface area (Å²) >= 11 is 0. The second-order valence-corrected chi connectivity index (χ2v) is 10.3. The number of halogens is 1. The molecule has 0 radical (unpaired) electrons. The highest BCUT2D eigenvalue weighted by atomic mass is 127. The fourth-order valence-corrected chi connectivity index (χ4v) is 5.06. The Balaban J connectivity index is 0.00000300. The molecule has 1 aliphatic carbocycles. The molecule has 0 aromatic heterocycles. The molecule has 0 bridgehead atoms. The minimum Gasteiger partial charge on any atom is -0.381 e. The number of piperidine rings is 1. The van der Waals surface area contributed by atoms with Crippen molar-refractivity contribution in [3.8, 4) is 0 Å². The molecule has 2 heterocycles. The summed E-state index contributed by atoms with van der Waals surface area (Å²) in [5.74, 6) is 1.99. The van der Waals surface area contributed by atoms with Crippen LogP contribution in [0.25, 0.3) is 0 Å². The predicted octanol–water partition coefficient (Wildman–Crippen LogP) is 0.990. The molecular weight excluding hydrogens is 505 g/mol. The van der Waals surface area contributed by atoms with Crippen molar-refractivity contribution in [2.45, 2.75) is 44.6 Å². The predicted molar refractivity (Wildman–Crippen MR) is 127 cm³/mol. The van der Waals surface area contributed by atoms with Crippen molar-refractivity contribution >= 4 is 40.0 Å². The number of sulfonamides is 1. The molecule has 170 valence electrons. The van der Waals surface area contributed by atoms with E-state index < -0.39 is 10.0 Å². The zero-order chi connectivity index (χ0) is 19.8. The Hall–Kier alpha value is -0.170. The Bertz CT molecular complexity index is 601. The van der Waals surface area contributed by atoms with Crippen LogP contribution in [0.4, 0.5) is 0 Å². The van der Waals surface area contributed by atoms with Crippen LogP contribution < -0.4 is 15.4 Å². The maximum absolute atomic E-state index is 12.1. The van der Waals surface area contributed by atoms with Crippen LogP contribution in [-0.4, -0.2) is 84.1 Å². The van der Waals surface area contributed by atoms with E-state index >= 15 is 0 Å². The summed E-state index contributed by atoms with van der Waals surface area (Å²) in [5, 5.41) is 6.59. The van der Waals surface area contributed by atoms with E-state index in [1.807, 2.05) is 0 Å². The lowest BCUT2D eigenvalue weighted by Gasteiger charge is -2.34. The Morgan fingerprint density at radius 2 is 1.90 bits per heavy atom. The van der Waals surface area contributed by atoms with Crippen molar-refractivity contribution in [3.63, 3.8) is 0 Å². The fraction of sp³-hybridized carbons (Fsp3) is 0.947. The largest absolute Gasteiger partial charge is 0.381 e. The number of rotatable bonds is 9. The minimum atomic E-state index is -3.22. The first-order valence-corrected chi connectivity index (χ1v) is 12.4. The van der Waals surface area contributed by atoms with Crippen LogP contribution in [0, 0.1) is 11.8 Å². The van der Waals surface area contributed by atoms with E-state index in [2.05, 4.69) is 25.2 Å². The summed E-state index contributed by atoms with van der Waals surface area (Å²) in [6.07, 6.45) is 6.86. The quantitative estimate of drug-likeness (QED) is 0.228. The van der Waals surface area contributed by atoms with E-state index in [9.17, 15) is 8.42 Å². The van der Waals surface area contributed by atoms with Gasteiger partial charge in [0.25, 0.3) is 0 Å². The van der Waals surface area contributed by atoms with Crippen molar-refractivity contribution in [2.75, 3.05) is 58.7 Å². The van der Waals surface area contributed by atoms with Crippen LogP contribution in [0.3, 0.4) is 0 Å². The number of hydrogen-bond donors (Lipinski definition) is 3. The zero-order valence-electron chi connectivity index (χ0n) is 17.6. The molecule has 2 aliphatic heterocycles. The van der Waals surface area contributed by atoms with Gasteiger partial charge in [-0.1, -0.05) is 6.42 Å². The summed E-state index contributed by atoms with van der Waals surface area (Å²) in [5.41, 5.74) is 0. The maximum atomic E-state index is 12.1. The number of ether oxygens (including phenoxy) is 1. The summed E-state index contributed by atoms with van der Waals surface area (Å²) < 4.78 is 32.4. The summed E-state index contributed by atoms with van der Waals surface area (Å²) in [7, 11) is -1.49. The summed E-state index contributed by atoms with van der Waals surface area (Å²) in [6.45, 7) is 6.09. The maximum Gasteiger partial charge on any atom is 0.213 e. The first-order valence-electron chi connectivity index (χ1n) is 10.8. The standard InChI is InChI=1S/C19H37N5O3S.HI/c1-20-19(21-8-12-28(25,26)22-13-16-3-2-4-16)23-18-5-9-24(10-6-18)14-17-7-11-27-15-17;/h16-18,22H,2-15H2,1H3,(H2,20,21,23);1H. The molecule has 0 amide bonds. The minimum absolute atomic E-state index is 0. The number of nitrogens with one attached hydrogen (secondary N) is 3. The van der Waals surface area contributed by atoms with Gasteiger partial charge in [-0.05, 0) is 43.9 Å². The molecule has 2 saturated heterocycles. The number of hydrogen-bond acceptors (Lipinski definition) is 5. The van der Waals surface area contributed by atoms with Gasteiger partial charge < -0.3 is 20.3 Å². The van der Waals surface area contributed by atoms with Crippen molar-refractivity contribution < 1.29 is 13.2 Å². The van der Waals surface area contributed by atoms with Crippen molar-refractivity contribution in [3.05, 3.63) is 0 Å². The monoisotopic (exact) mass is 543 g/mol. The SMILES string of the molecule is CN=C(NCCS(=O)(=O)NCC1CCC1)NC1CCN(CC2CCOC2)CC1.I. The first kappa shape index (κ1) is 25.1. The van der Waals surface area contributed by atoms with Crippen LogP contribution >= 0.6 is 24.0 Å². The van der Waals surface area contributed by atoms with E-state index in [1.165, 1.54) is 12.8 Å². The van der Waals surface area contributed by atoms with Gasteiger partial charge in [-0.25, -0.2) is 13.1 Å². The summed E-state index contributed by atoms with van der Waals surface area (Å²) in [4.78, 5) is 6.79. The fourth-order valence-electron chi connectivity index (χ4n) is 4.06. The molecule has 0 aromatic carbocycles. The van der Waals surface area contributed by atoms with Gasteiger partial charge in [-0.3, -0.25) is 4.99 Å². The Morgan fingerprint density at radius 3 is 2.48 bits per heavy atom. The van der Waals surface area contributed by atoms with Crippen LogP contribution in [0.5, 0.6) is 0 Å². The third kappa shape index (κ3) is 8.84. The smallest absolute Gasteiger partial charge is 0.213 e. The topological polar surface area (TPSA) is 95.1 Å². The third-order valence-electron chi connectivity index (χ3n) is 6.17. The van der Waals surface area contributed by atoms with Crippen LogP contribution in [0.1, 0.15) is 38.5 Å². The van der Waals surface area contributed by atoms with Gasteiger partial charge in [-0.15, -0.1) is 24.0 Å². The van der Waals surface area contributed by atoms with Crippen molar-refractivity contribution in [1.29, 1.82) is 0 Å². The molecule has 3 N–H and O–H groups in total. The van der Waals surface area contributed by atoms with E-state index in [0.29, 0.717) is 36.9 Å². The van der Waals surface area contributed by atoms with Gasteiger partial charge in [0.1, 0.15) is 0 Å². The molecule has 3 fully saturated rings. The molecule has 29 heavy (non-hydrogen) atoms. The average Bonchev–Trinajstić information content (AvgIpc) is 3.14. The molecule has 1 saturated carbocycles. The number of aliphatic imine (C=N–C) groups is 1. The van der Waals surface area contributed by atoms with E-state index in [1.54, 1.807) is 7.05 Å². The highest BCUT2D eigenvalue weighted by Crippen LogP contribution is 2.25. The normalized spacial score (nSPS) is 24.7. The lowest BCUT2D eigenvalue weighted by molar-refractivity contribution is 0.150. The van der Waals surface area contributed by atoms with Crippen LogP contribution in [0.2, 0.25) is 0 Å². The van der Waals surface area contributed by atoms with Crippen molar-refractivity contribution in [1.82, 2.24) is 20.3 Å². The second-order valence-electron chi connectivity index (χ2n) is 8.41. The van der Waals surface area contributed by atoms with Gasteiger partial charge >= 0.3 is 0 Å². The molecule has 10 heteroatoms.